The summed E-state index contributed by atoms with van der Waals surface area (Å²) in [5.74, 6) is 0. The number of nitrogens with one attached hydrogen (secondary N) is 1. The molecule has 1 amide bonds. The normalized spacial score (nSPS) is 12.3. The van der Waals surface area contributed by atoms with Gasteiger partial charge in [0.2, 0.25) is 0 Å². The summed E-state index contributed by atoms with van der Waals surface area (Å²) in [6.07, 6.45) is -1.24. The third-order valence-corrected chi connectivity index (χ3v) is 3.16. The van der Waals surface area contributed by atoms with Crippen molar-refractivity contribution in [2.24, 2.45) is 0 Å². The Morgan fingerprint density at radius 2 is 1.42 bits per heavy atom. The number of amides is 1. The first-order valence-electron chi connectivity index (χ1n) is 6.60. The van der Waals surface area contributed by atoms with Gasteiger partial charge in [-0.2, -0.15) is 0 Å². The lowest BCUT2D eigenvalue weighted by molar-refractivity contribution is -0.251. The Balaban J connectivity index is 3.21. The smallest absolute Gasteiger partial charge is 0.134 e. The monoisotopic (exact) mass is 262 g/mol. The van der Waals surface area contributed by atoms with Gasteiger partial charge in [-0.05, 0) is 27.5 Å². The highest BCUT2D eigenvalue weighted by molar-refractivity contribution is 5.61. The van der Waals surface area contributed by atoms with Crippen molar-refractivity contribution in [2.45, 2.75) is 58.9 Å². The second-order valence-electron chi connectivity index (χ2n) is 7.06. The Bertz CT molecular complexity index is 432. The van der Waals surface area contributed by atoms with E-state index >= 15 is 0 Å². The van der Waals surface area contributed by atoms with Crippen molar-refractivity contribution in [3.63, 3.8) is 0 Å². The molecule has 0 radical (unpaired) electrons. The van der Waals surface area contributed by atoms with Gasteiger partial charge in [-0.25, -0.2) is 0 Å². The van der Waals surface area contributed by atoms with Crippen molar-refractivity contribution in [1.82, 2.24) is 5.32 Å². The number of carbonyl (C=O) groups is 1. The van der Waals surface area contributed by atoms with Gasteiger partial charge in [-0.15, -0.1) is 0 Å². The lowest BCUT2D eigenvalue weighted by atomic mass is 9.79. The van der Waals surface area contributed by atoms with Crippen molar-refractivity contribution in [1.29, 1.82) is 0 Å². The van der Waals surface area contributed by atoms with Crippen molar-refractivity contribution in [3.8, 4) is 0 Å². The van der Waals surface area contributed by atoms with Crippen molar-refractivity contribution < 1.29 is 9.90 Å². The van der Waals surface area contributed by atoms with Crippen LogP contribution >= 0.6 is 0 Å². The average molecular weight is 262 g/mol. The molecule has 0 heterocycles. The van der Waals surface area contributed by atoms with E-state index in [1.54, 1.807) is 0 Å². The molecule has 0 bridgehead atoms. The number of benzene rings is 1. The summed E-state index contributed by atoms with van der Waals surface area (Å²) in [6.45, 7) is 13.2. The van der Waals surface area contributed by atoms with E-state index < -0.39 is 6.09 Å². The molecule has 0 atom stereocenters. The van der Waals surface area contributed by atoms with E-state index in [2.05, 4.69) is 65.1 Å². The largest absolute Gasteiger partial charge is 0.530 e. The summed E-state index contributed by atoms with van der Waals surface area (Å²) in [5, 5.41) is 12.8. The average Bonchev–Trinajstić information content (AvgIpc) is 2.23. The van der Waals surface area contributed by atoms with Gasteiger partial charge in [0, 0.05) is 6.54 Å². The second-order valence-corrected chi connectivity index (χ2v) is 7.06. The van der Waals surface area contributed by atoms with Crippen LogP contribution in [-0.2, 0) is 17.4 Å². The van der Waals surface area contributed by atoms with E-state index in [-0.39, 0.29) is 17.4 Å². The minimum Gasteiger partial charge on any atom is -0.530 e. The highest BCUT2D eigenvalue weighted by Gasteiger charge is 2.20. The Labute approximate surface area is 116 Å². The maximum atomic E-state index is 10.5. The van der Waals surface area contributed by atoms with Crippen LogP contribution in [0.15, 0.2) is 18.2 Å². The molecule has 0 aliphatic rings. The van der Waals surface area contributed by atoms with Crippen LogP contribution in [0.3, 0.4) is 0 Å². The van der Waals surface area contributed by atoms with Crippen LogP contribution < -0.4 is 10.4 Å². The minimum atomic E-state index is -1.24. The first-order chi connectivity index (χ1) is 8.50. The van der Waals surface area contributed by atoms with Gasteiger partial charge in [0.25, 0.3) is 0 Å². The molecule has 0 saturated heterocycles. The molecule has 0 fully saturated rings. The zero-order valence-corrected chi connectivity index (χ0v) is 12.8. The highest BCUT2D eigenvalue weighted by Crippen LogP contribution is 2.30. The van der Waals surface area contributed by atoms with Crippen LogP contribution in [0, 0.1) is 0 Å². The number of hydrogen-bond acceptors (Lipinski definition) is 2. The zero-order valence-electron chi connectivity index (χ0n) is 12.8. The molecule has 1 aromatic rings. The summed E-state index contributed by atoms with van der Waals surface area (Å²) in [5.41, 5.74) is 3.49. The molecule has 0 aromatic heterocycles. The van der Waals surface area contributed by atoms with E-state index in [4.69, 9.17) is 0 Å². The molecule has 0 aliphatic heterocycles. The highest BCUT2D eigenvalue weighted by atomic mass is 16.4. The minimum absolute atomic E-state index is 0.0392. The summed E-state index contributed by atoms with van der Waals surface area (Å²) >= 11 is 0. The summed E-state index contributed by atoms with van der Waals surface area (Å²) < 4.78 is 0. The van der Waals surface area contributed by atoms with Crippen molar-refractivity contribution >= 4 is 6.09 Å². The van der Waals surface area contributed by atoms with Crippen LogP contribution in [0.25, 0.3) is 0 Å². The molecule has 0 unspecified atom stereocenters. The fourth-order valence-electron chi connectivity index (χ4n) is 1.83. The number of carboxylic acid groups (broad SMARTS) is 1. The summed E-state index contributed by atoms with van der Waals surface area (Å²) in [4.78, 5) is 10.5. The molecule has 0 saturated carbocycles. The van der Waals surface area contributed by atoms with Gasteiger partial charge in [-0.3, -0.25) is 0 Å². The maximum Gasteiger partial charge on any atom is 0.134 e. The number of hydrogen-bond donors (Lipinski definition) is 1. The molecular formula is C16H24NO2-. The van der Waals surface area contributed by atoms with Crippen LogP contribution in [0.4, 0.5) is 4.79 Å². The first-order valence-corrected chi connectivity index (χ1v) is 6.60. The first kappa shape index (κ1) is 15.5. The summed E-state index contributed by atoms with van der Waals surface area (Å²) in [7, 11) is 0. The molecule has 0 spiro atoms. The van der Waals surface area contributed by atoms with Gasteiger partial charge in [0.1, 0.15) is 6.09 Å². The molecule has 0 aliphatic carbocycles. The second kappa shape index (κ2) is 5.24. The fraction of sp³-hybridized carbons (Fsp3) is 0.562. The van der Waals surface area contributed by atoms with Gasteiger partial charge >= 0.3 is 0 Å². The third kappa shape index (κ3) is 4.58. The molecule has 3 nitrogen and oxygen atoms in total. The van der Waals surface area contributed by atoms with E-state index in [9.17, 15) is 9.90 Å². The Morgan fingerprint density at radius 3 is 1.74 bits per heavy atom. The lowest BCUT2D eigenvalue weighted by Gasteiger charge is -2.26. The van der Waals surface area contributed by atoms with Crippen LogP contribution in [0.1, 0.15) is 58.2 Å². The molecule has 3 heteroatoms. The van der Waals surface area contributed by atoms with E-state index in [1.807, 2.05) is 0 Å². The molecular weight excluding hydrogens is 238 g/mol. The molecule has 19 heavy (non-hydrogen) atoms. The van der Waals surface area contributed by atoms with Crippen molar-refractivity contribution in [2.75, 3.05) is 0 Å². The van der Waals surface area contributed by atoms with Crippen LogP contribution in [0.2, 0.25) is 0 Å². The fourth-order valence-corrected chi connectivity index (χ4v) is 1.83. The predicted octanol–water partition coefficient (Wildman–Crippen LogP) is 2.71. The molecule has 1 aromatic carbocycles. The molecule has 1 rings (SSSR count). The topological polar surface area (TPSA) is 52.2 Å². The SMILES string of the molecule is CC(C)(C)c1cc(CNC(=O)[O-])cc(C(C)(C)C)c1. The van der Waals surface area contributed by atoms with Gasteiger partial charge in [0.05, 0.1) is 0 Å². The Kier molecular flexibility index (Phi) is 4.28. The standard InChI is InChI=1S/C16H25NO2/c1-15(2,3)12-7-11(10-17-14(18)19)8-13(9-12)16(4,5)6/h7-9,17H,10H2,1-6H3,(H,18,19)/p-1. The summed E-state index contributed by atoms with van der Waals surface area (Å²) in [6, 6.07) is 6.33. The maximum absolute atomic E-state index is 10.5. The number of carbonyl (C=O) groups excluding carboxylic acids is 1. The van der Waals surface area contributed by atoms with Crippen LogP contribution in [0.5, 0.6) is 0 Å². The van der Waals surface area contributed by atoms with Gasteiger partial charge in [-0.1, -0.05) is 59.7 Å². The zero-order chi connectivity index (χ0) is 14.8. The molecule has 106 valence electrons. The van der Waals surface area contributed by atoms with Gasteiger partial charge < -0.3 is 15.2 Å². The predicted molar refractivity (Wildman–Crippen MR) is 76.1 cm³/mol. The van der Waals surface area contributed by atoms with Crippen molar-refractivity contribution in [3.05, 3.63) is 34.9 Å². The Morgan fingerprint density at radius 1 is 1.00 bits per heavy atom. The van der Waals surface area contributed by atoms with E-state index in [1.165, 1.54) is 11.1 Å². The van der Waals surface area contributed by atoms with E-state index in [0.29, 0.717) is 0 Å². The molecule has 1 N–H and O–H groups in total. The van der Waals surface area contributed by atoms with Crippen LogP contribution in [-0.4, -0.2) is 6.09 Å². The van der Waals surface area contributed by atoms with E-state index in [0.717, 1.165) is 5.56 Å². The van der Waals surface area contributed by atoms with Gasteiger partial charge in [0.15, 0.2) is 0 Å². The quantitative estimate of drug-likeness (QED) is 0.891. The number of rotatable bonds is 2. The Hall–Kier alpha value is -1.51. The third-order valence-electron chi connectivity index (χ3n) is 3.16. The lowest BCUT2D eigenvalue weighted by Crippen LogP contribution is -2.36.